The van der Waals surface area contributed by atoms with E-state index in [-0.39, 0.29) is 5.56 Å². The molecule has 17 heavy (non-hydrogen) atoms. The number of aliphatic hydroxyl groups is 1. The monoisotopic (exact) mass is 252 g/mol. The first kappa shape index (κ1) is 13.9. The summed E-state index contributed by atoms with van der Waals surface area (Å²) in [5.41, 5.74) is 0.590. The number of hydrogen-bond donors (Lipinski definition) is 1. The molecule has 1 unspecified atom stereocenters. The zero-order valence-corrected chi connectivity index (χ0v) is 9.09. The van der Waals surface area contributed by atoms with Crippen LogP contribution in [0.3, 0.4) is 0 Å². The standard InChI is InChI=1S/C11H12F4O2/c1-7-2-3-8(4-9(7)12)10(16)5-17-6-11(13,14)15/h2-4,10,16H,5-6H2,1H3. The Morgan fingerprint density at radius 1 is 1.35 bits per heavy atom. The van der Waals surface area contributed by atoms with Crippen LogP contribution in [-0.4, -0.2) is 24.5 Å². The zero-order chi connectivity index (χ0) is 13.1. The maximum absolute atomic E-state index is 13.1. The Kier molecular flexibility index (Phi) is 4.47. The quantitative estimate of drug-likeness (QED) is 0.835. The summed E-state index contributed by atoms with van der Waals surface area (Å²) < 4.78 is 52.7. The average molecular weight is 252 g/mol. The van der Waals surface area contributed by atoms with Crippen molar-refractivity contribution in [3.05, 3.63) is 35.1 Å². The molecule has 6 heteroatoms. The second-order valence-corrected chi connectivity index (χ2v) is 3.65. The SMILES string of the molecule is Cc1ccc(C(O)COCC(F)(F)F)cc1F. The lowest BCUT2D eigenvalue weighted by Gasteiger charge is -2.13. The van der Waals surface area contributed by atoms with E-state index in [1.54, 1.807) is 6.92 Å². The number of aliphatic hydroxyl groups excluding tert-OH is 1. The lowest BCUT2D eigenvalue weighted by Crippen LogP contribution is -2.19. The Hall–Kier alpha value is -1.14. The summed E-state index contributed by atoms with van der Waals surface area (Å²) in [4.78, 5) is 0. The molecule has 0 amide bonds. The van der Waals surface area contributed by atoms with Crippen molar-refractivity contribution >= 4 is 0 Å². The molecule has 0 aliphatic heterocycles. The molecule has 0 fully saturated rings. The normalized spacial score (nSPS) is 13.8. The molecule has 1 aromatic carbocycles. The van der Waals surface area contributed by atoms with Gasteiger partial charge in [-0.2, -0.15) is 13.2 Å². The molecule has 1 rings (SSSR count). The van der Waals surface area contributed by atoms with Crippen molar-refractivity contribution in [1.82, 2.24) is 0 Å². The largest absolute Gasteiger partial charge is 0.411 e. The lowest BCUT2D eigenvalue weighted by molar-refractivity contribution is -0.179. The highest BCUT2D eigenvalue weighted by atomic mass is 19.4. The van der Waals surface area contributed by atoms with E-state index in [9.17, 15) is 22.7 Å². The van der Waals surface area contributed by atoms with Gasteiger partial charge >= 0.3 is 6.18 Å². The van der Waals surface area contributed by atoms with Crippen LogP contribution in [0, 0.1) is 12.7 Å². The van der Waals surface area contributed by atoms with Crippen LogP contribution in [0.1, 0.15) is 17.2 Å². The third-order valence-electron chi connectivity index (χ3n) is 2.12. The van der Waals surface area contributed by atoms with E-state index < -0.39 is 31.3 Å². The van der Waals surface area contributed by atoms with Crippen LogP contribution in [0.4, 0.5) is 17.6 Å². The third kappa shape index (κ3) is 4.70. The van der Waals surface area contributed by atoms with Gasteiger partial charge < -0.3 is 9.84 Å². The maximum atomic E-state index is 13.1. The molecule has 2 nitrogen and oxygen atoms in total. The summed E-state index contributed by atoms with van der Waals surface area (Å²) in [6.07, 6.45) is -5.70. The topological polar surface area (TPSA) is 29.5 Å². The van der Waals surface area contributed by atoms with E-state index in [2.05, 4.69) is 4.74 Å². The van der Waals surface area contributed by atoms with E-state index in [0.29, 0.717) is 5.56 Å². The number of benzene rings is 1. The first-order valence-electron chi connectivity index (χ1n) is 4.88. The average Bonchev–Trinajstić information content (AvgIpc) is 2.20. The highest BCUT2D eigenvalue weighted by molar-refractivity contribution is 5.24. The Bertz CT molecular complexity index is 376. The van der Waals surface area contributed by atoms with Gasteiger partial charge in [0.15, 0.2) is 0 Å². The Labute approximate surface area is 95.8 Å². The minimum atomic E-state index is -4.43. The van der Waals surface area contributed by atoms with Crippen LogP contribution >= 0.6 is 0 Å². The van der Waals surface area contributed by atoms with Gasteiger partial charge in [-0.1, -0.05) is 12.1 Å². The second-order valence-electron chi connectivity index (χ2n) is 3.65. The van der Waals surface area contributed by atoms with Crippen LogP contribution in [-0.2, 0) is 4.74 Å². The van der Waals surface area contributed by atoms with Crippen molar-refractivity contribution in [3.8, 4) is 0 Å². The minimum Gasteiger partial charge on any atom is -0.386 e. The summed E-state index contributed by atoms with van der Waals surface area (Å²) >= 11 is 0. The smallest absolute Gasteiger partial charge is 0.386 e. The molecule has 1 N–H and O–H groups in total. The predicted molar refractivity (Wildman–Crippen MR) is 53.0 cm³/mol. The summed E-state index contributed by atoms with van der Waals surface area (Å²) in [6, 6.07) is 3.97. The maximum Gasteiger partial charge on any atom is 0.411 e. The van der Waals surface area contributed by atoms with Crippen LogP contribution in [0.5, 0.6) is 0 Å². The van der Waals surface area contributed by atoms with E-state index in [1.807, 2.05) is 0 Å². The number of aryl methyl sites for hydroxylation is 1. The van der Waals surface area contributed by atoms with Crippen LogP contribution in [0.25, 0.3) is 0 Å². The Morgan fingerprint density at radius 2 is 2.00 bits per heavy atom. The van der Waals surface area contributed by atoms with Gasteiger partial charge in [0.05, 0.1) is 6.61 Å². The van der Waals surface area contributed by atoms with Gasteiger partial charge in [-0.25, -0.2) is 4.39 Å². The van der Waals surface area contributed by atoms with Gasteiger partial charge in [0.1, 0.15) is 18.5 Å². The first-order valence-corrected chi connectivity index (χ1v) is 4.88. The van der Waals surface area contributed by atoms with Gasteiger partial charge in [0.2, 0.25) is 0 Å². The molecule has 1 aromatic rings. The van der Waals surface area contributed by atoms with E-state index >= 15 is 0 Å². The summed E-state index contributed by atoms with van der Waals surface area (Å²) in [5.74, 6) is -0.516. The second kappa shape index (κ2) is 5.46. The van der Waals surface area contributed by atoms with Crippen molar-refractivity contribution in [2.45, 2.75) is 19.2 Å². The molecule has 0 aromatic heterocycles. The first-order chi connectivity index (χ1) is 7.79. The number of alkyl halides is 3. The molecule has 0 aliphatic carbocycles. The number of rotatable bonds is 4. The molecular formula is C11H12F4O2. The predicted octanol–water partition coefficient (Wildman–Crippen LogP) is 2.75. The molecule has 1 atom stereocenters. The third-order valence-corrected chi connectivity index (χ3v) is 2.12. The fraction of sp³-hybridized carbons (Fsp3) is 0.455. The minimum absolute atomic E-state index is 0.190. The van der Waals surface area contributed by atoms with Crippen molar-refractivity contribution in [1.29, 1.82) is 0 Å². The fourth-order valence-electron chi connectivity index (χ4n) is 1.20. The highest BCUT2D eigenvalue weighted by Gasteiger charge is 2.27. The molecule has 0 saturated carbocycles. The molecule has 0 radical (unpaired) electrons. The number of halogens is 4. The molecule has 0 aliphatic rings. The fourth-order valence-corrected chi connectivity index (χ4v) is 1.20. The molecule has 0 spiro atoms. The summed E-state index contributed by atoms with van der Waals surface area (Å²) in [7, 11) is 0. The molecule has 0 heterocycles. The van der Waals surface area contributed by atoms with E-state index in [4.69, 9.17) is 0 Å². The zero-order valence-electron chi connectivity index (χ0n) is 9.09. The van der Waals surface area contributed by atoms with E-state index in [0.717, 1.165) is 6.07 Å². The van der Waals surface area contributed by atoms with E-state index in [1.165, 1.54) is 12.1 Å². The van der Waals surface area contributed by atoms with Gasteiger partial charge in [-0.15, -0.1) is 0 Å². The highest BCUT2D eigenvalue weighted by Crippen LogP contribution is 2.19. The summed E-state index contributed by atoms with van der Waals surface area (Å²) in [5, 5.41) is 9.47. The van der Waals surface area contributed by atoms with Crippen molar-refractivity contribution in [2.24, 2.45) is 0 Å². The van der Waals surface area contributed by atoms with Crippen LogP contribution < -0.4 is 0 Å². The molecular weight excluding hydrogens is 240 g/mol. The van der Waals surface area contributed by atoms with Crippen molar-refractivity contribution < 1.29 is 27.4 Å². The molecule has 96 valence electrons. The number of hydrogen-bond acceptors (Lipinski definition) is 2. The van der Waals surface area contributed by atoms with Crippen molar-refractivity contribution in [2.75, 3.05) is 13.2 Å². The van der Waals surface area contributed by atoms with Crippen LogP contribution in [0.15, 0.2) is 18.2 Å². The van der Waals surface area contributed by atoms with Crippen molar-refractivity contribution in [3.63, 3.8) is 0 Å². The Morgan fingerprint density at radius 3 is 2.53 bits per heavy atom. The summed E-state index contributed by atoms with van der Waals surface area (Å²) in [6.45, 7) is -0.411. The van der Waals surface area contributed by atoms with Crippen LogP contribution in [0.2, 0.25) is 0 Å². The molecule has 0 bridgehead atoms. The lowest BCUT2D eigenvalue weighted by atomic mass is 10.1. The van der Waals surface area contributed by atoms with Gasteiger partial charge in [-0.3, -0.25) is 0 Å². The van der Waals surface area contributed by atoms with Gasteiger partial charge in [0, 0.05) is 0 Å². The molecule has 0 saturated heterocycles. The Balaban J connectivity index is 2.52. The van der Waals surface area contributed by atoms with Gasteiger partial charge in [-0.05, 0) is 24.1 Å². The number of ether oxygens (including phenoxy) is 1. The van der Waals surface area contributed by atoms with Gasteiger partial charge in [0.25, 0.3) is 0 Å².